The molecular weight excluding hydrogens is 560 g/mol. The van der Waals surface area contributed by atoms with Crippen LogP contribution in [0.5, 0.6) is 0 Å². The van der Waals surface area contributed by atoms with Crippen molar-refractivity contribution in [2.75, 3.05) is 13.2 Å². The van der Waals surface area contributed by atoms with Crippen molar-refractivity contribution < 1.29 is 40.1 Å². The maximum atomic E-state index is 11.3. The summed E-state index contributed by atoms with van der Waals surface area (Å²) < 4.78 is 12.8. The lowest BCUT2D eigenvalue weighted by atomic mass is 9.35. The van der Waals surface area contributed by atoms with Gasteiger partial charge in [0.25, 0.3) is 0 Å². The van der Waals surface area contributed by atoms with Crippen molar-refractivity contribution in [2.45, 2.75) is 143 Å². The minimum Gasteiger partial charge on any atom is -0.396 e. The Bertz CT molecular complexity index is 1200. The number of aliphatic hydroxyl groups excluding tert-OH is 6. The third-order valence-electron chi connectivity index (χ3n) is 14.7. The molecule has 14 atom stereocenters. The summed E-state index contributed by atoms with van der Waals surface area (Å²) in [5.74, 6) is 0.402. The van der Waals surface area contributed by atoms with Gasteiger partial charge in [0, 0.05) is 16.2 Å². The second-order valence-electron chi connectivity index (χ2n) is 17.5. The minimum absolute atomic E-state index is 0.0269. The molecule has 0 aromatic rings. The molecule has 0 radical (unpaired) electrons. The number of ether oxygens (including phenoxy) is 2. The fourth-order valence-electron chi connectivity index (χ4n) is 11.5. The van der Waals surface area contributed by atoms with Gasteiger partial charge in [-0.15, -0.1) is 0 Å². The van der Waals surface area contributed by atoms with E-state index in [9.17, 15) is 30.6 Å². The zero-order valence-electron chi connectivity index (χ0n) is 27.9. The first kappa shape index (κ1) is 33.1. The van der Waals surface area contributed by atoms with Gasteiger partial charge in [0.1, 0.15) is 18.3 Å². The van der Waals surface area contributed by atoms with Crippen LogP contribution in [0.3, 0.4) is 0 Å². The van der Waals surface area contributed by atoms with Gasteiger partial charge in [0.2, 0.25) is 0 Å². The van der Waals surface area contributed by atoms with E-state index >= 15 is 0 Å². The third kappa shape index (κ3) is 4.31. The predicted molar refractivity (Wildman–Crippen MR) is 166 cm³/mol. The van der Waals surface area contributed by atoms with E-state index in [-0.39, 0.29) is 46.7 Å². The van der Waals surface area contributed by atoms with Crippen LogP contribution in [-0.2, 0) is 9.47 Å². The molecule has 6 N–H and O–H groups in total. The van der Waals surface area contributed by atoms with Gasteiger partial charge in [-0.3, -0.25) is 0 Å². The zero-order chi connectivity index (χ0) is 32.3. The predicted octanol–water partition coefficient (Wildman–Crippen LogP) is 3.86. The van der Waals surface area contributed by atoms with E-state index in [2.05, 4.69) is 53.7 Å². The standard InChI is InChI=1S/C36H58O8/c1-20-27(40)28(41)29(42)30(43-20)44-26-17-35(7)21(22-16-31(2,3)14-15-36(22,26)19-38)8-9-24-32(4)12-11-25(39)33(5,18-37)23(32)10-13-34(24,35)6/h8-9,20,23-30,37-42H,10-19H2,1-7H3/t20-,23?,24?,25-,26-,27+,28+,29-,30-,32-,33?,34+,35+,36?/m0/s1. The van der Waals surface area contributed by atoms with E-state index in [0.717, 1.165) is 38.5 Å². The summed E-state index contributed by atoms with van der Waals surface area (Å²) in [4.78, 5) is 0. The molecule has 8 heteroatoms. The van der Waals surface area contributed by atoms with Crippen LogP contribution >= 0.6 is 0 Å². The first-order valence-electron chi connectivity index (χ1n) is 17.1. The fourth-order valence-corrected chi connectivity index (χ4v) is 11.5. The van der Waals surface area contributed by atoms with Crippen LogP contribution in [-0.4, -0.2) is 86.8 Å². The van der Waals surface area contributed by atoms with Crippen molar-refractivity contribution in [1.82, 2.24) is 0 Å². The average Bonchev–Trinajstić information content (AvgIpc) is 2.97. The largest absolute Gasteiger partial charge is 0.396 e. The van der Waals surface area contributed by atoms with E-state index in [0.29, 0.717) is 12.8 Å². The van der Waals surface area contributed by atoms with Gasteiger partial charge in [0.15, 0.2) is 6.29 Å². The number of fused-ring (bicyclic) bond motifs is 6. The van der Waals surface area contributed by atoms with E-state index in [1.54, 1.807) is 6.92 Å². The summed E-state index contributed by atoms with van der Waals surface area (Å²) >= 11 is 0. The summed E-state index contributed by atoms with van der Waals surface area (Å²) in [5, 5.41) is 64.9. The molecule has 0 aromatic heterocycles. The molecule has 44 heavy (non-hydrogen) atoms. The first-order valence-corrected chi connectivity index (χ1v) is 17.1. The molecule has 0 amide bonds. The topological polar surface area (TPSA) is 140 Å². The van der Waals surface area contributed by atoms with Crippen molar-refractivity contribution in [2.24, 2.45) is 44.3 Å². The molecule has 1 saturated heterocycles. The second kappa shape index (κ2) is 10.6. The molecule has 6 rings (SSSR count). The number of hydrogen-bond acceptors (Lipinski definition) is 8. The Hall–Kier alpha value is -0.840. The summed E-state index contributed by atoms with van der Waals surface area (Å²) in [6.45, 7) is 15.4. The van der Waals surface area contributed by atoms with Crippen molar-refractivity contribution in [1.29, 1.82) is 0 Å². The monoisotopic (exact) mass is 618 g/mol. The Kier molecular flexibility index (Phi) is 7.95. The zero-order valence-corrected chi connectivity index (χ0v) is 27.9. The molecule has 1 aliphatic heterocycles. The minimum atomic E-state index is -1.41. The Morgan fingerprint density at radius 1 is 0.864 bits per heavy atom. The van der Waals surface area contributed by atoms with Gasteiger partial charge in [0.05, 0.1) is 31.5 Å². The molecule has 4 fully saturated rings. The molecule has 5 aliphatic carbocycles. The molecule has 8 nitrogen and oxygen atoms in total. The number of allylic oxidation sites excluding steroid dienone is 3. The number of aliphatic hydroxyl groups is 6. The quantitative estimate of drug-likeness (QED) is 0.279. The summed E-state index contributed by atoms with van der Waals surface area (Å²) in [6.07, 6.45) is 4.52. The third-order valence-corrected chi connectivity index (χ3v) is 14.7. The van der Waals surface area contributed by atoms with Crippen LogP contribution in [0.15, 0.2) is 23.3 Å². The van der Waals surface area contributed by atoms with Crippen molar-refractivity contribution >= 4 is 0 Å². The Labute approximate surface area is 263 Å². The highest BCUT2D eigenvalue weighted by molar-refractivity contribution is 5.47. The SMILES string of the molecule is C[C@@H]1O[C@@H](O[C@H]2C[C@]3(C)C(=C4CC(C)(C)CCC42CO)C=CC2[C@@]4(C)CC[C@H](O)C(C)(CO)C4CC[C@]23C)[C@@H](O)[C@H](O)[C@@H]1O. The van der Waals surface area contributed by atoms with Gasteiger partial charge >= 0.3 is 0 Å². The van der Waals surface area contributed by atoms with Crippen LogP contribution in [0.2, 0.25) is 0 Å². The van der Waals surface area contributed by atoms with Crippen LogP contribution in [0, 0.1) is 44.3 Å². The smallest absolute Gasteiger partial charge is 0.186 e. The van der Waals surface area contributed by atoms with Crippen molar-refractivity contribution in [3.05, 3.63) is 23.3 Å². The van der Waals surface area contributed by atoms with Gasteiger partial charge < -0.3 is 40.1 Å². The highest BCUT2D eigenvalue weighted by Gasteiger charge is 2.69. The molecule has 4 unspecified atom stereocenters. The Balaban J connectivity index is 1.47. The lowest BCUT2D eigenvalue weighted by Gasteiger charge is -2.70. The first-order chi connectivity index (χ1) is 20.4. The van der Waals surface area contributed by atoms with Gasteiger partial charge in [-0.05, 0) is 91.9 Å². The van der Waals surface area contributed by atoms with Crippen LogP contribution in [0.1, 0.15) is 99.8 Å². The van der Waals surface area contributed by atoms with Gasteiger partial charge in [-0.2, -0.15) is 0 Å². The summed E-state index contributed by atoms with van der Waals surface area (Å²) in [6, 6.07) is 0. The summed E-state index contributed by atoms with van der Waals surface area (Å²) in [5.41, 5.74) is 0.844. The van der Waals surface area contributed by atoms with E-state index < -0.39 is 53.7 Å². The maximum Gasteiger partial charge on any atom is 0.186 e. The van der Waals surface area contributed by atoms with E-state index in [1.807, 2.05) is 0 Å². The molecule has 0 bridgehead atoms. The van der Waals surface area contributed by atoms with Crippen LogP contribution in [0.4, 0.5) is 0 Å². The molecule has 6 aliphatic rings. The number of rotatable bonds is 4. The molecule has 0 aromatic carbocycles. The van der Waals surface area contributed by atoms with Gasteiger partial charge in [-0.25, -0.2) is 0 Å². The van der Waals surface area contributed by atoms with Crippen LogP contribution in [0.25, 0.3) is 0 Å². The maximum absolute atomic E-state index is 11.3. The highest BCUT2D eigenvalue weighted by Crippen LogP contribution is 2.74. The second-order valence-corrected chi connectivity index (χ2v) is 17.5. The average molecular weight is 619 g/mol. The van der Waals surface area contributed by atoms with Crippen molar-refractivity contribution in [3.8, 4) is 0 Å². The fraction of sp³-hybridized carbons (Fsp3) is 0.889. The lowest BCUT2D eigenvalue weighted by molar-refractivity contribution is -0.319. The Morgan fingerprint density at radius 2 is 1.57 bits per heavy atom. The van der Waals surface area contributed by atoms with Crippen LogP contribution < -0.4 is 0 Å². The Morgan fingerprint density at radius 3 is 2.23 bits per heavy atom. The van der Waals surface area contributed by atoms with Crippen molar-refractivity contribution in [3.63, 3.8) is 0 Å². The van der Waals surface area contributed by atoms with E-state index in [4.69, 9.17) is 9.47 Å². The lowest BCUT2D eigenvalue weighted by Crippen LogP contribution is -2.66. The molecule has 0 spiro atoms. The normalized spacial score (nSPS) is 55.1. The highest BCUT2D eigenvalue weighted by atomic mass is 16.7. The molecule has 1 heterocycles. The number of hydrogen-bond donors (Lipinski definition) is 6. The molecule has 250 valence electrons. The molecule has 3 saturated carbocycles. The summed E-state index contributed by atoms with van der Waals surface area (Å²) in [7, 11) is 0. The van der Waals surface area contributed by atoms with Gasteiger partial charge in [-0.1, -0.05) is 59.3 Å². The van der Waals surface area contributed by atoms with E-state index in [1.165, 1.54) is 11.1 Å². The molecular formula is C36H58O8.